The van der Waals surface area contributed by atoms with Crippen LogP contribution in [0.15, 0.2) is 18.2 Å². The maximum atomic E-state index is 13.4. The fourth-order valence-corrected chi connectivity index (χ4v) is 2.89. The lowest BCUT2D eigenvalue weighted by Gasteiger charge is -2.37. The Morgan fingerprint density at radius 3 is 2.48 bits per heavy atom. The number of nitrogens with one attached hydrogen (secondary N) is 1. The Morgan fingerprint density at radius 1 is 1.19 bits per heavy atom. The molecule has 1 N–H and O–H groups in total. The van der Waals surface area contributed by atoms with Crippen molar-refractivity contribution in [2.45, 2.75) is 19.3 Å². The highest BCUT2D eigenvalue weighted by atomic mass is 19.1. The van der Waals surface area contributed by atoms with Gasteiger partial charge in [0.25, 0.3) is 0 Å². The Labute approximate surface area is 124 Å². The van der Waals surface area contributed by atoms with Gasteiger partial charge >= 0.3 is 0 Å². The van der Waals surface area contributed by atoms with Crippen LogP contribution in [0.4, 0.5) is 8.78 Å². The van der Waals surface area contributed by atoms with Crippen LogP contribution in [-0.2, 0) is 15.9 Å². The minimum Gasteiger partial charge on any atom is -0.383 e. The molecule has 0 aliphatic carbocycles. The molecule has 0 aromatic heterocycles. The molecule has 1 saturated heterocycles. The van der Waals surface area contributed by atoms with Crippen molar-refractivity contribution >= 4 is 0 Å². The lowest BCUT2D eigenvalue weighted by atomic mass is 9.75. The minimum atomic E-state index is -0.514. The third-order valence-corrected chi connectivity index (χ3v) is 4.04. The molecule has 5 heteroatoms. The molecular weight excluding hydrogens is 276 g/mol. The lowest BCUT2D eigenvalue weighted by molar-refractivity contribution is 0.0143. The van der Waals surface area contributed by atoms with Crippen LogP contribution in [0.1, 0.15) is 18.4 Å². The summed E-state index contributed by atoms with van der Waals surface area (Å²) in [5.41, 5.74) is 0.703. The van der Waals surface area contributed by atoms with Gasteiger partial charge in [0.05, 0.1) is 6.61 Å². The predicted octanol–water partition coefficient (Wildman–Crippen LogP) is 2.54. The molecule has 0 amide bonds. The molecule has 1 heterocycles. The van der Waals surface area contributed by atoms with Crippen LogP contribution in [0.5, 0.6) is 0 Å². The zero-order valence-electron chi connectivity index (χ0n) is 12.5. The van der Waals surface area contributed by atoms with Crippen molar-refractivity contribution in [3.63, 3.8) is 0 Å². The van der Waals surface area contributed by atoms with E-state index in [1.165, 1.54) is 12.1 Å². The maximum absolute atomic E-state index is 13.4. The number of hydrogen-bond donors (Lipinski definition) is 1. The van der Waals surface area contributed by atoms with Crippen molar-refractivity contribution in [3.8, 4) is 0 Å². The summed E-state index contributed by atoms with van der Waals surface area (Å²) in [4.78, 5) is 0. The van der Waals surface area contributed by atoms with Crippen LogP contribution < -0.4 is 5.32 Å². The van der Waals surface area contributed by atoms with Crippen LogP contribution in [0, 0.1) is 17.0 Å². The molecule has 1 aromatic rings. The van der Waals surface area contributed by atoms with E-state index in [9.17, 15) is 8.78 Å². The molecule has 0 unspecified atom stereocenters. The fraction of sp³-hybridized carbons (Fsp3) is 0.625. The van der Waals surface area contributed by atoms with Gasteiger partial charge in [-0.25, -0.2) is 8.78 Å². The summed E-state index contributed by atoms with van der Waals surface area (Å²) >= 11 is 0. The average molecular weight is 299 g/mol. The molecule has 0 spiro atoms. The van der Waals surface area contributed by atoms with Crippen molar-refractivity contribution in [1.29, 1.82) is 0 Å². The van der Waals surface area contributed by atoms with E-state index in [0.29, 0.717) is 31.8 Å². The summed E-state index contributed by atoms with van der Waals surface area (Å²) in [6.45, 7) is 3.63. The monoisotopic (exact) mass is 299 g/mol. The van der Waals surface area contributed by atoms with E-state index < -0.39 is 11.6 Å². The molecule has 118 valence electrons. The van der Waals surface area contributed by atoms with E-state index in [2.05, 4.69) is 5.32 Å². The van der Waals surface area contributed by atoms with Crippen LogP contribution in [0.3, 0.4) is 0 Å². The third kappa shape index (κ3) is 5.02. The molecule has 1 aliphatic rings. The van der Waals surface area contributed by atoms with Crippen molar-refractivity contribution in [3.05, 3.63) is 35.4 Å². The van der Waals surface area contributed by atoms with E-state index in [4.69, 9.17) is 9.47 Å². The molecule has 0 bridgehead atoms. The molecular formula is C16H23F2NO2. The summed E-state index contributed by atoms with van der Waals surface area (Å²) < 4.78 is 37.2. The quantitative estimate of drug-likeness (QED) is 0.785. The second-order valence-electron chi connectivity index (χ2n) is 5.74. The van der Waals surface area contributed by atoms with Gasteiger partial charge < -0.3 is 14.8 Å². The first-order valence-electron chi connectivity index (χ1n) is 7.36. The van der Waals surface area contributed by atoms with Gasteiger partial charge in [-0.1, -0.05) is 0 Å². The van der Waals surface area contributed by atoms with Crippen molar-refractivity contribution in [1.82, 2.24) is 5.32 Å². The molecule has 1 aliphatic heterocycles. The highest BCUT2D eigenvalue weighted by Gasteiger charge is 2.32. The lowest BCUT2D eigenvalue weighted by Crippen LogP contribution is -2.41. The topological polar surface area (TPSA) is 30.5 Å². The molecule has 1 fully saturated rings. The standard InChI is InChI=1S/C16H23F2NO2/c1-20-7-4-19-12-16(2-5-21-6-3-16)11-13-8-14(17)10-15(18)9-13/h8-10,19H,2-7,11-12H2,1H3. The fourth-order valence-electron chi connectivity index (χ4n) is 2.89. The van der Waals surface area contributed by atoms with Crippen LogP contribution in [0.25, 0.3) is 0 Å². The predicted molar refractivity (Wildman–Crippen MR) is 77.3 cm³/mol. The van der Waals surface area contributed by atoms with Crippen LogP contribution in [0.2, 0.25) is 0 Å². The molecule has 3 nitrogen and oxygen atoms in total. The average Bonchev–Trinajstić information content (AvgIpc) is 2.43. The van der Waals surface area contributed by atoms with Crippen LogP contribution in [-0.4, -0.2) is 40.0 Å². The second-order valence-corrected chi connectivity index (χ2v) is 5.74. The largest absolute Gasteiger partial charge is 0.383 e. The van der Waals surface area contributed by atoms with Gasteiger partial charge in [-0.3, -0.25) is 0 Å². The van der Waals surface area contributed by atoms with E-state index >= 15 is 0 Å². The Kier molecular flexibility index (Phi) is 6.08. The molecule has 1 aromatic carbocycles. The molecule has 21 heavy (non-hydrogen) atoms. The van der Waals surface area contributed by atoms with Crippen molar-refractivity contribution in [2.24, 2.45) is 5.41 Å². The first-order valence-corrected chi connectivity index (χ1v) is 7.36. The molecule has 0 saturated carbocycles. The SMILES string of the molecule is COCCNCC1(Cc2cc(F)cc(F)c2)CCOCC1. The molecule has 0 radical (unpaired) electrons. The Bertz CT molecular complexity index is 428. The Hall–Kier alpha value is -1.04. The van der Waals surface area contributed by atoms with Gasteiger partial charge in [-0.2, -0.15) is 0 Å². The Balaban J connectivity index is 2.04. The number of halogens is 2. The summed E-state index contributed by atoms with van der Waals surface area (Å²) in [7, 11) is 1.67. The zero-order chi connectivity index (χ0) is 15.1. The third-order valence-electron chi connectivity index (χ3n) is 4.04. The number of benzene rings is 1. The second kappa shape index (κ2) is 7.82. The van der Waals surface area contributed by atoms with Crippen molar-refractivity contribution < 1.29 is 18.3 Å². The van der Waals surface area contributed by atoms with Gasteiger partial charge in [0.1, 0.15) is 11.6 Å². The molecule has 0 atom stereocenters. The zero-order valence-corrected chi connectivity index (χ0v) is 12.5. The summed E-state index contributed by atoms with van der Waals surface area (Å²) in [6.07, 6.45) is 2.45. The van der Waals surface area contributed by atoms with E-state index in [1.807, 2.05) is 0 Å². The maximum Gasteiger partial charge on any atom is 0.126 e. The summed E-state index contributed by atoms with van der Waals surface area (Å²) in [6, 6.07) is 3.77. The number of hydrogen-bond acceptors (Lipinski definition) is 3. The highest BCUT2D eigenvalue weighted by Crippen LogP contribution is 2.34. The number of rotatable bonds is 7. The van der Waals surface area contributed by atoms with Gasteiger partial charge in [0.2, 0.25) is 0 Å². The van der Waals surface area contributed by atoms with E-state index in [-0.39, 0.29) is 5.41 Å². The summed E-state index contributed by atoms with van der Waals surface area (Å²) in [5, 5.41) is 3.38. The number of methoxy groups -OCH3 is 1. The molecule has 2 rings (SSSR count). The minimum absolute atomic E-state index is 0.00771. The highest BCUT2D eigenvalue weighted by molar-refractivity contribution is 5.20. The van der Waals surface area contributed by atoms with Crippen LogP contribution >= 0.6 is 0 Å². The Morgan fingerprint density at radius 2 is 1.86 bits per heavy atom. The first-order chi connectivity index (χ1) is 10.1. The van der Waals surface area contributed by atoms with Crippen molar-refractivity contribution in [2.75, 3.05) is 40.0 Å². The number of ether oxygens (including phenoxy) is 2. The van der Waals surface area contributed by atoms with Gasteiger partial charge in [-0.15, -0.1) is 0 Å². The first kappa shape index (κ1) is 16.3. The normalized spacial score (nSPS) is 17.9. The van der Waals surface area contributed by atoms with Gasteiger partial charge in [0.15, 0.2) is 0 Å². The summed E-state index contributed by atoms with van der Waals surface area (Å²) in [5.74, 6) is -1.03. The van der Waals surface area contributed by atoms with Gasteiger partial charge in [0, 0.05) is 39.5 Å². The van der Waals surface area contributed by atoms with E-state index in [0.717, 1.165) is 32.0 Å². The smallest absolute Gasteiger partial charge is 0.126 e. The van der Waals surface area contributed by atoms with E-state index in [1.54, 1.807) is 7.11 Å². The van der Waals surface area contributed by atoms with Gasteiger partial charge in [-0.05, 0) is 42.4 Å².